The number of rotatable bonds is 12. The van der Waals surface area contributed by atoms with Crippen LogP contribution in [0.5, 0.6) is 0 Å². The van der Waals surface area contributed by atoms with Crippen molar-refractivity contribution in [3.63, 3.8) is 0 Å². The van der Waals surface area contributed by atoms with Crippen LogP contribution in [-0.4, -0.2) is 36.5 Å². The summed E-state index contributed by atoms with van der Waals surface area (Å²) >= 11 is 0. The lowest BCUT2D eigenvalue weighted by molar-refractivity contribution is 0.0984. The number of nitrogens with two attached hydrogens (primary N) is 5. The topological polar surface area (TPSA) is 241 Å². The molecule has 0 aliphatic heterocycles. The van der Waals surface area contributed by atoms with Gasteiger partial charge in [0.05, 0.1) is 16.9 Å². The van der Waals surface area contributed by atoms with Gasteiger partial charge in [0.25, 0.3) is 0 Å². The lowest BCUT2D eigenvalue weighted by atomic mass is 10.0. The molecular weight excluding hydrogens is 903 g/mol. The Morgan fingerprint density at radius 3 is 1.47 bits per heavy atom. The van der Waals surface area contributed by atoms with Gasteiger partial charge in [0.1, 0.15) is 11.6 Å². The van der Waals surface area contributed by atoms with Crippen LogP contribution in [-0.2, 0) is 25.7 Å². The second kappa shape index (κ2) is 25.2. The number of nitrogens with zero attached hydrogens (tertiary/aromatic N) is 5. The number of nitrogen functional groups attached to an aromatic ring is 5. The van der Waals surface area contributed by atoms with E-state index >= 15 is 0 Å². The van der Waals surface area contributed by atoms with E-state index in [1.807, 2.05) is 97.1 Å². The van der Waals surface area contributed by atoms with Gasteiger partial charge in [0, 0.05) is 77.6 Å². The molecule has 66 heavy (non-hydrogen) atoms. The number of ketones is 2. The molecule has 0 amide bonds. The molecule has 3 heterocycles. The van der Waals surface area contributed by atoms with Crippen molar-refractivity contribution < 1.29 is 9.59 Å². The van der Waals surface area contributed by atoms with Gasteiger partial charge in [-0.15, -0.1) is 30.3 Å². The predicted molar refractivity (Wildman–Crippen MR) is 285 cm³/mol. The van der Waals surface area contributed by atoms with Crippen molar-refractivity contribution in [2.75, 3.05) is 34.0 Å². The molecule has 0 spiro atoms. The van der Waals surface area contributed by atoms with E-state index in [-0.39, 0.29) is 43.3 Å². The van der Waals surface area contributed by atoms with Gasteiger partial charge in [0.15, 0.2) is 11.6 Å². The maximum absolute atomic E-state index is 12.9. The zero-order valence-corrected chi connectivity index (χ0v) is 39.7. The van der Waals surface area contributed by atoms with Gasteiger partial charge in [-0.3, -0.25) is 14.6 Å². The number of hydrogen-bond donors (Lipinski definition) is 6. The Bertz CT molecular complexity index is 2810. The number of benzene rings is 5. The third-order valence-electron chi connectivity index (χ3n) is 9.79. The van der Waals surface area contributed by atoms with E-state index in [9.17, 15) is 9.59 Å². The summed E-state index contributed by atoms with van der Waals surface area (Å²) in [6, 6.07) is 41.8. The van der Waals surface area contributed by atoms with E-state index in [1.165, 1.54) is 5.56 Å². The number of hydrogen-bond acceptors (Lipinski definition) is 13. The lowest BCUT2D eigenvalue weighted by Gasteiger charge is -2.11. The molecule has 0 saturated carbocycles. The van der Waals surface area contributed by atoms with Crippen molar-refractivity contribution in [2.45, 2.75) is 40.0 Å². The molecule has 3 aromatic heterocycles. The largest absolute Gasteiger partial charge is 0.399 e. The average molecular weight is 958 g/mol. The second-order valence-electron chi connectivity index (χ2n) is 14.8. The Morgan fingerprint density at radius 2 is 1.02 bits per heavy atom. The molecule has 340 valence electrons. The van der Waals surface area contributed by atoms with Crippen LogP contribution in [0.4, 0.5) is 40.6 Å². The van der Waals surface area contributed by atoms with Crippen molar-refractivity contribution >= 4 is 101 Å². The third kappa shape index (κ3) is 15.5. The van der Waals surface area contributed by atoms with Crippen LogP contribution in [0.3, 0.4) is 0 Å². The fraction of sp³-hybridized carbons (Fsp3) is 0.122. The highest BCUT2D eigenvalue weighted by atomic mass is 35.5. The first-order valence-electron chi connectivity index (χ1n) is 20.1. The molecule has 13 nitrogen and oxygen atoms in total. The van der Waals surface area contributed by atoms with Crippen LogP contribution in [0.15, 0.2) is 140 Å². The van der Waals surface area contributed by atoms with Gasteiger partial charge in [-0.25, -0.2) is 9.97 Å². The van der Waals surface area contributed by atoms with E-state index in [0.717, 1.165) is 63.9 Å². The number of aromatic nitrogens is 5. The first kappa shape index (κ1) is 52.0. The smallest absolute Gasteiger partial charge is 0.222 e. The summed E-state index contributed by atoms with van der Waals surface area (Å²) in [6.07, 6.45) is 3.61. The molecule has 0 aliphatic carbocycles. The van der Waals surface area contributed by atoms with E-state index in [2.05, 4.69) is 67.1 Å². The number of nitrogens with one attached hydrogen (secondary N) is 1. The van der Waals surface area contributed by atoms with Crippen LogP contribution in [0.1, 0.15) is 67.3 Å². The average Bonchev–Trinajstić information content (AvgIpc) is 3.26. The van der Waals surface area contributed by atoms with Crippen LogP contribution in [0.25, 0.3) is 10.9 Å². The van der Waals surface area contributed by atoms with Crippen molar-refractivity contribution in [3.8, 4) is 0 Å². The SMILES string of the molecule is C.Cc1ccc2nccc(Nc3ccc(CC(=O)c4ccc(Cc5cc(N)nc(N)n5)cc4)cc3)c2c1.Cl.Nc1ccc(CC(=O)c2ccc(Cc3cc(N)nc(N)n3)cc2)cc1.PPP. The molecule has 2 atom stereocenters. The summed E-state index contributed by atoms with van der Waals surface area (Å²) < 4.78 is 0. The zero-order chi connectivity index (χ0) is 45.6. The van der Waals surface area contributed by atoms with Gasteiger partial charge in [-0.2, -0.15) is 9.97 Å². The van der Waals surface area contributed by atoms with Crippen LogP contribution in [0.2, 0.25) is 0 Å². The Balaban J connectivity index is 0.000000279. The fourth-order valence-corrected chi connectivity index (χ4v) is 6.74. The van der Waals surface area contributed by atoms with Crippen molar-refractivity contribution in [2.24, 2.45) is 0 Å². The normalized spacial score (nSPS) is 10.2. The van der Waals surface area contributed by atoms with Gasteiger partial charge in [-0.1, -0.05) is 99.8 Å². The molecule has 5 aromatic carbocycles. The van der Waals surface area contributed by atoms with E-state index in [1.54, 1.807) is 30.5 Å². The Hall–Kier alpha value is -6.61. The number of fused-ring (bicyclic) bond motifs is 1. The van der Waals surface area contributed by atoms with Gasteiger partial charge in [-0.05, 0) is 71.6 Å². The molecule has 8 rings (SSSR count). The van der Waals surface area contributed by atoms with E-state index in [4.69, 9.17) is 28.7 Å². The Kier molecular flexibility index (Phi) is 19.8. The van der Waals surface area contributed by atoms with Crippen molar-refractivity contribution in [3.05, 3.63) is 190 Å². The standard InChI is InChI=1S/C29H26N6O.C19H19N5O.CH4.ClH.H5P3/c1-18-2-11-25-24(14-18)26(12-13-32-25)33-22-9-5-20(6-10-22)16-27(36)21-7-3-19(4-8-21)15-23-17-28(30)35-29(31)34-23;20-15-7-3-13(4-8-15)10-17(25)14-5-1-12(2-6-14)9-16-11-18(21)24-19(22)23-16;;;1-3-2/h2-14,17H,15-16H2,1H3,(H,32,33)(H4,30,31,34,35);1-8,11H,9-10,20H2,(H4,21,22,23,24);1H4;1H;3H,1-2H2. The number of halogens is 1. The summed E-state index contributed by atoms with van der Waals surface area (Å²) in [4.78, 5) is 45.8. The number of carbonyl (C=O) groups is 2. The summed E-state index contributed by atoms with van der Waals surface area (Å²) in [5.74, 6) is 1.13. The molecular formula is C49H55ClN11O2P3. The number of anilines is 7. The van der Waals surface area contributed by atoms with Gasteiger partial charge >= 0.3 is 0 Å². The number of aryl methyl sites for hydroxylation is 1. The number of pyridine rings is 1. The molecule has 8 aromatic rings. The fourth-order valence-electron chi connectivity index (χ4n) is 6.74. The monoisotopic (exact) mass is 957 g/mol. The van der Waals surface area contributed by atoms with Crippen LogP contribution >= 0.6 is 38.2 Å². The summed E-state index contributed by atoms with van der Waals surface area (Å²) in [5.41, 5.74) is 39.9. The molecule has 17 heteroatoms. The first-order chi connectivity index (χ1) is 30.8. The second-order valence-corrected chi connectivity index (χ2v) is 19.2. The molecule has 2 unspecified atom stereocenters. The van der Waals surface area contributed by atoms with Gasteiger partial charge < -0.3 is 34.0 Å². The van der Waals surface area contributed by atoms with E-state index in [0.29, 0.717) is 54.1 Å². The molecule has 0 fully saturated rings. The van der Waals surface area contributed by atoms with Crippen molar-refractivity contribution in [1.29, 1.82) is 0 Å². The quantitative estimate of drug-likeness (QED) is 0.0380. The summed E-state index contributed by atoms with van der Waals surface area (Å²) in [5, 5.41) is 4.55. The molecule has 0 bridgehead atoms. The Labute approximate surface area is 398 Å². The third-order valence-corrected chi connectivity index (χ3v) is 9.79. The predicted octanol–water partition coefficient (Wildman–Crippen LogP) is 9.80. The summed E-state index contributed by atoms with van der Waals surface area (Å²) in [7, 11) is 6.06. The minimum Gasteiger partial charge on any atom is -0.399 e. The van der Waals surface area contributed by atoms with Crippen LogP contribution in [0, 0.1) is 6.92 Å². The molecule has 0 saturated heterocycles. The Morgan fingerprint density at radius 1 is 0.576 bits per heavy atom. The minimum absolute atomic E-state index is 0. The maximum Gasteiger partial charge on any atom is 0.222 e. The maximum atomic E-state index is 12.9. The van der Waals surface area contributed by atoms with Crippen LogP contribution < -0.4 is 34.0 Å². The minimum atomic E-state index is 0. The molecule has 0 radical (unpaired) electrons. The number of carbonyl (C=O) groups excluding carboxylic acids is 2. The van der Waals surface area contributed by atoms with E-state index < -0.39 is 0 Å². The molecule has 11 N–H and O–H groups in total. The highest BCUT2D eigenvalue weighted by Gasteiger charge is 2.11. The highest BCUT2D eigenvalue weighted by Crippen LogP contribution is 2.28. The molecule has 0 aliphatic rings. The lowest BCUT2D eigenvalue weighted by Crippen LogP contribution is -2.05. The highest BCUT2D eigenvalue weighted by molar-refractivity contribution is 8.33. The first-order valence-corrected chi connectivity index (χ1v) is 24.7. The summed E-state index contributed by atoms with van der Waals surface area (Å²) in [6.45, 7) is 2.07. The van der Waals surface area contributed by atoms with Crippen molar-refractivity contribution in [1.82, 2.24) is 24.9 Å². The van der Waals surface area contributed by atoms with Gasteiger partial charge in [0.2, 0.25) is 11.9 Å². The zero-order valence-electron chi connectivity index (χ0n) is 35.6. The number of Topliss-reactive ketones (excluding diaryl/α,β-unsaturated/α-hetero) is 2.